The van der Waals surface area contributed by atoms with Crippen LogP contribution in [0.15, 0.2) is 78.9 Å². The standard InChI is InChI=1S/C38H13BF14O3/c40-16-6-1-4-14-24(16)33(48)37(52)35(50)26(14)28-21(12-10-19(43)31(28)46)54-39(56-23-9-3-8-18(42)30(23)45)55-22-13-11-20(44)32(47)29(22)27-15-5-2-7-17(41)25(15)34(49)38(53)36(27)51/h1-13H. The number of halogens is 14. The number of benzene rings is 7. The van der Waals surface area contributed by atoms with Crippen molar-refractivity contribution >= 4 is 28.9 Å². The van der Waals surface area contributed by atoms with Gasteiger partial charge in [0, 0.05) is 11.1 Å². The molecule has 18 heteroatoms. The Morgan fingerprint density at radius 3 is 1.11 bits per heavy atom. The summed E-state index contributed by atoms with van der Waals surface area (Å²) in [6.07, 6.45) is 0. The van der Waals surface area contributed by atoms with Gasteiger partial charge in [0.2, 0.25) is 0 Å². The van der Waals surface area contributed by atoms with Gasteiger partial charge in [-0.25, -0.2) is 57.1 Å². The van der Waals surface area contributed by atoms with Crippen LogP contribution < -0.4 is 14.0 Å². The molecule has 0 aliphatic carbocycles. The molecule has 0 fully saturated rings. The summed E-state index contributed by atoms with van der Waals surface area (Å²) in [5.74, 6) is -30.7. The van der Waals surface area contributed by atoms with E-state index in [0.29, 0.717) is 42.5 Å². The zero-order valence-corrected chi connectivity index (χ0v) is 27.1. The van der Waals surface area contributed by atoms with E-state index in [9.17, 15) is 43.9 Å². The molecule has 0 atom stereocenters. The van der Waals surface area contributed by atoms with Gasteiger partial charge in [0.05, 0.1) is 21.9 Å². The van der Waals surface area contributed by atoms with E-state index < -0.39 is 150 Å². The molecule has 0 amide bonds. The molecule has 7 rings (SSSR count). The molecule has 284 valence electrons. The Morgan fingerprint density at radius 1 is 0.286 bits per heavy atom. The van der Waals surface area contributed by atoms with E-state index in [1.807, 2.05) is 0 Å². The topological polar surface area (TPSA) is 27.7 Å². The first kappa shape index (κ1) is 37.8. The lowest BCUT2D eigenvalue weighted by atomic mass is 9.94. The van der Waals surface area contributed by atoms with Crippen molar-refractivity contribution in [3.63, 3.8) is 0 Å². The Morgan fingerprint density at radius 2 is 0.661 bits per heavy atom. The van der Waals surface area contributed by atoms with Crippen LogP contribution in [0.1, 0.15) is 0 Å². The minimum Gasteiger partial charge on any atom is -0.489 e. The van der Waals surface area contributed by atoms with E-state index in [2.05, 4.69) is 0 Å². The van der Waals surface area contributed by atoms with Gasteiger partial charge in [-0.15, -0.1) is 0 Å². The third-order valence-corrected chi connectivity index (χ3v) is 8.41. The summed E-state index contributed by atoms with van der Waals surface area (Å²) >= 11 is 0. The van der Waals surface area contributed by atoms with Crippen LogP contribution >= 0.6 is 0 Å². The van der Waals surface area contributed by atoms with Crippen LogP contribution in [0.2, 0.25) is 0 Å². The zero-order chi connectivity index (χ0) is 40.3. The molecule has 3 nitrogen and oxygen atoms in total. The van der Waals surface area contributed by atoms with E-state index in [4.69, 9.17) is 14.0 Å². The molecule has 0 aliphatic heterocycles. The molecule has 0 unspecified atom stereocenters. The summed E-state index contributed by atoms with van der Waals surface area (Å²) in [5.41, 5.74) is -5.56. The molecule has 0 saturated heterocycles. The summed E-state index contributed by atoms with van der Waals surface area (Å²) in [4.78, 5) is 0. The van der Waals surface area contributed by atoms with Crippen LogP contribution in [0.5, 0.6) is 17.2 Å². The lowest BCUT2D eigenvalue weighted by molar-refractivity contribution is 0.296. The summed E-state index contributed by atoms with van der Waals surface area (Å²) in [6, 6.07) is 8.43. The minimum atomic E-state index is -2.83. The van der Waals surface area contributed by atoms with Crippen molar-refractivity contribution in [3.8, 4) is 39.5 Å². The van der Waals surface area contributed by atoms with Gasteiger partial charge in [-0.3, -0.25) is 0 Å². The van der Waals surface area contributed by atoms with Gasteiger partial charge in [0.25, 0.3) is 0 Å². The third kappa shape index (κ3) is 6.14. The average molecular weight is 794 g/mol. The molecule has 56 heavy (non-hydrogen) atoms. The number of rotatable bonds is 8. The van der Waals surface area contributed by atoms with Gasteiger partial charge >= 0.3 is 7.32 Å². The van der Waals surface area contributed by atoms with E-state index in [1.165, 1.54) is 0 Å². The Balaban J connectivity index is 1.47. The third-order valence-electron chi connectivity index (χ3n) is 8.41. The fourth-order valence-corrected chi connectivity index (χ4v) is 5.95. The van der Waals surface area contributed by atoms with Crippen LogP contribution in [-0.4, -0.2) is 7.32 Å². The van der Waals surface area contributed by atoms with E-state index in [0.717, 1.165) is 36.4 Å². The molecule has 0 saturated carbocycles. The normalized spacial score (nSPS) is 11.4. The summed E-state index contributed by atoms with van der Waals surface area (Å²) in [7, 11) is -2.83. The van der Waals surface area contributed by atoms with Crippen molar-refractivity contribution in [2.45, 2.75) is 0 Å². The molecule has 7 aromatic carbocycles. The molecular weight excluding hydrogens is 781 g/mol. The quantitative estimate of drug-likeness (QED) is 0.0871. The first-order chi connectivity index (χ1) is 26.6. The number of fused-ring (bicyclic) bond motifs is 2. The molecular formula is C38H13BF14O3. The van der Waals surface area contributed by atoms with Gasteiger partial charge < -0.3 is 14.0 Å². The largest absolute Gasteiger partial charge is 0.864 e. The van der Waals surface area contributed by atoms with E-state index >= 15 is 17.6 Å². The van der Waals surface area contributed by atoms with Crippen molar-refractivity contribution < 1.29 is 75.4 Å². The van der Waals surface area contributed by atoms with E-state index in [1.54, 1.807) is 0 Å². The minimum absolute atomic E-state index is 0.328. The molecule has 0 aliphatic rings. The van der Waals surface area contributed by atoms with Gasteiger partial charge in [-0.2, -0.15) is 4.39 Å². The molecule has 0 radical (unpaired) electrons. The van der Waals surface area contributed by atoms with Crippen LogP contribution in [0, 0.1) is 81.4 Å². The first-order valence-electron chi connectivity index (χ1n) is 15.5. The molecule has 0 N–H and O–H groups in total. The fraction of sp³-hybridized carbons (Fsp3) is 0. The summed E-state index contributed by atoms with van der Waals surface area (Å²) in [6.45, 7) is 0. The smallest absolute Gasteiger partial charge is 0.489 e. The molecule has 7 aromatic rings. The van der Waals surface area contributed by atoms with E-state index in [-0.39, 0.29) is 0 Å². The van der Waals surface area contributed by atoms with Crippen LogP contribution in [0.4, 0.5) is 61.5 Å². The number of hydrogen-bond donors (Lipinski definition) is 0. The van der Waals surface area contributed by atoms with Crippen molar-refractivity contribution in [2.75, 3.05) is 0 Å². The molecule has 0 heterocycles. The average Bonchev–Trinajstić information content (AvgIpc) is 3.16. The monoisotopic (exact) mass is 794 g/mol. The highest BCUT2D eigenvalue weighted by molar-refractivity contribution is 6.40. The van der Waals surface area contributed by atoms with Gasteiger partial charge in [0.1, 0.15) is 28.9 Å². The lowest BCUT2D eigenvalue weighted by Gasteiger charge is -2.22. The number of hydrogen-bond acceptors (Lipinski definition) is 3. The molecule has 0 bridgehead atoms. The summed E-state index contributed by atoms with van der Waals surface area (Å²) < 4.78 is 226. The Labute approximate surface area is 304 Å². The molecule has 0 aromatic heterocycles. The fourth-order valence-electron chi connectivity index (χ4n) is 5.95. The van der Waals surface area contributed by atoms with Crippen molar-refractivity contribution in [3.05, 3.63) is 160 Å². The molecule has 0 spiro atoms. The predicted molar refractivity (Wildman–Crippen MR) is 172 cm³/mol. The highest BCUT2D eigenvalue weighted by Gasteiger charge is 2.38. The van der Waals surface area contributed by atoms with Crippen LogP contribution in [0.3, 0.4) is 0 Å². The first-order valence-corrected chi connectivity index (χ1v) is 15.5. The van der Waals surface area contributed by atoms with Gasteiger partial charge in [-0.1, -0.05) is 30.3 Å². The highest BCUT2D eigenvalue weighted by Crippen LogP contribution is 2.45. The second-order valence-electron chi connectivity index (χ2n) is 11.6. The summed E-state index contributed by atoms with van der Waals surface area (Å²) in [5, 5.41) is -4.24. The van der Waals surface area contributed by atoms with Crippen molar-refractivity contribution in [2.24, 2.45) is 0 Å². The van der Waals surface area contributed by atoms with Crippen LogP contribution in [-0.2, 0) is 0 Å². The Hall–Kier alpha value is -6.46. The Bertz CT molecular complexity index is 2600. The predicted octanol–water partition coefficient (Wildman–Crippen LogP) is 11.8. The maximum absolute atomic E-state index is 15.7. The second kappa shape index (κ2) is 14.3. The lowest BCUT2D eigenvalue weighted by Crippen LogP contribution is -2.38. The maximum atomic E-state index is 15.7. The SMILES string of the molecule is Fc1cccc(OB(Oc2ccc(F)c(F)c2-c2c(F)c(F)c(F)c3c(F)cccc23)Oc2ccc(F)c(F)c2-c2c(F)c(F)c(F)c3c(F)cccc23)c1F. The maximum Gasteiger partial charge on any atom is 0.864 e. The van der Waals surface area contributed by atoms with Crippen LogP contribution in [0.25, 0.3) is 43.8 Å². The van der Waals surface area contributed by atoms with Gasteiger partial charge in [-0.05, 0) is 59.3 Å². The zero-order valence-electron chi connectivity index (χ0n) is 27.1. The second-order valence-corrected chi connectivity index (χ2v) is 11.6. The highest BCUT2D eigenvalue weighted by atomic mass is 19.2. The van der Waals surface area contributed by atoms with Gasteiger partial charge in [0.15, 0.2) is 69.8 Å². The van der Waals surface area contributed by atoms with Crippen molar-refractivity contribution in [1.29, 1.82) is 0 Å². The van der Waals surface area contributed by atoms with Crippen molar-refractivity contribution in [1.82, 2.24) is 0 Å². The Kier molecular flexibility index (Phi) is 9.68.